The second kappa shape index (κ2) is 6.84. The Morgan fingerprint density at radius 1 is 0.700 bits per heavy atom. The normalized spacial score (nSPS) is 12.8. The molecule has 0 saturated heterocycles. The highest BCUT2D eigenvalue weighted by Crippen LogP contribution is 2.34. The number of benzene rings is 1. The van der Waals surface area contributed by atoms with Crippen molar-refractivity contribution in [3.8, 4) is 22.3 Å². The Morgan fingerprint density at radius 3 is 1.25 bits per heavy atom. The van der Waals surface area contributed by atoms with Crippen LogP contribution in [0.25, 0.3) is 0 Å². The van der Waals surface area contributed by atoms with E-state index in [1.165, 1.54) is 0 Å². The quantitative estimate of drug-likeness (QED) is 0.490. The van der Waals surface area contributed by atoms with Crippen LogP contribution in [-0.4, -0.2) is 37.5 Å². The van der Waals surface area contributed by atoms with E-state index in [2.05, 4.69) is 91.7 Å². The second-order valence-electron chi connectivity index (χ2n) is 5.94. The molecule has 0 radical (unpaired) electrons. The molecular weight excluding hydrogens is 416 g/mol. The molecule has 1 aromatic rings. The van der Waals surface area contributed by atoms with Crippen LogP contribution in [0, 0.1) is 22.3 Å². The second-order valence-corrected chi connectivity index (χ2v) is 15.4. The molecule has 0 heterocycles. The Balaban J connectivity index is 3.21. The van der Waals surface area contributed by atoms with Crippen LogP contribution in [0.2, 0.25) is 0 Å². The van der Waals surface area contributed by atoms with Crippen molar-refractivity contribution in [2.75, 3.05) is 37.5 Å². The third-order valence-corrected chi connectivity index (χ3v) is 4.78. The smallest absolute Gasteiger partial charge is 0.0408 e. The topological polar surface area (TPSA) is 0 Å². The lowest BCUT2D eigenvalue weighted by atomic mass is 10.1. The molecule has 0 aliphatic rings. The van der Waals surface area contributed by atoms with Crippen molar-refractivity contribution in [2.24, 2.45) is 0 Å². The number of hydrogen-bond acceptors (Lipinski definition) is 0. The van der Waals surface area contributed by atoms with Crippen LogP contribution >= 0.6 is 51.9 Å². The summed E-state index contributed by atoms with van der Waals surface area (Å²) >= 11 is 7.19. The predicted molar refractivity (Wildman–Crippen MR) is 106 cm³/mol. The third kappa shape index (κ3) is 6.64. The molecular formula is C16H20Br2S2. The van der Waals surface area contributed by atoms with Gasteiger partial charge in [-0.1, -0.05) is 11.8 Å². The molecule has 20 heavy (non-hydrogen) atoms. The minimum Gasteiger partial charge on any atom is -0.186 e. The van der Waals surface area contributed by atoms with Gasteiger partial charge in [0.1, 0.15) is 0 Å². The minimum atomic E-state index is -0.814. The molecule has 110 valence electrons. The molecule has 0 bridgehead atoms. The van der Waals surface area contributed by atoms with Crippen LogP contribution in [0.5, 0.6) is 0 Å². The summed E-state index contributed by atoms with van der Waals surface area (Å²) in [7, 11) is -1.63. The van der Waals surface area contributed by atoms with E-state index in [-0.39, 0.29) is 0 Å². The Morgan fingerprint density at radius 2 is 1.00 bits per heavy atom. The Kier molecular flexibility index (Phi) is 6.17. The molecule has 0 atom stereocenters. The molecule has 4 heteroatoms. The Bertz CT molecular complexity index is 569. The zero-order chi connectivity index (χ0) is 15.6. The first-order chi connectivity index (χ1) is 8.98. The fourth-order valence-corrected chi connectivity index (χ4v) is 2.87. The molecule has 0 spiro atoms. The van der Waals surface area contributed by atoms with Crippen molar-refractivity contribution in [2.45, 2.75) is 0 Å². The van der Waals surface area contributed by atoms with Gasteiger partial charge in [0, 0.05) is 20.1 Å². The highest BCUT2D eigenvalue weighted by Gasteiger charge is 2.05. The maximum absolute atomic E-state index is 3.59. The van der Waals surface area contributed by atoms with E-state index < -0.39 is 20.1 Å². The lowest BCUT2D eigenvalue weighted by Gasteiger charge is -2.15. The van der Waals surface area contributed by atoms with Crippen LogP contribution in [0.4, 0.5) is 0 Å². The van der Waals surface area contributed by atoms with Gasteiger partial charge in [-0.3, -0.25) is 0 Å². The molecule has 0 aliphatic heterocycles. The number of halogens is 2. The van der Waals surface area contributed by atoms with Gasteiger partial charge < -0.3 is 0 Å². The van der Waals surface area contributed by atoms with Crippen molar-refractivity contribution in [3.63, 3.8) is 0 Å². The highest BCUT2D eigenvalue weighted by atomic mass is 79.9. The van der Waals surface area contributed by atoms with Crippen LogP contribution in [0.3, 0.4) is 0 Å². The van der Waals surface area contributed by atoms with Gasteiger partial charge in [0.15, 0.2) is 0 Å². The Hall–Kier alpha value is -0.000000000000000111. The standard InChI is InChI=1S/C16H20Br2S2/c1-19(2,3)9-7-13-11-16(18)14(12-15(13)17)8-10-20(4,5)6/h11-12H,1-6H3. The lowest BCUT2D eigenvalue weighted by Crippen LogP contribution is -1.89. The van der Waals surface area contributed by atoms with E-state index >= 15 is 0 Å². The molecule has 0 fully saturated rings. The number of rotatable bonds is 0. The van der Waals surface area contributed by atoms with E-state index in [9.17, 15) is 0 Å². The zero-order valence-corrected chi connectivity index (χ0v) is 17.5. The summed E-state index contributed by atoms with van der Waals surface area (Å²) in [4.78, 5) is 0. The molecule has 1 aromatic carbocycles. The van der Waals surface area contributed by atoms with Gasteiger partial charge in [-0.25, -0.2) is 0 Å². The molecule has 0 aliphatic carbocycles. The Labute approximate surface area is 143 Å². The average molecular weight is 436 g/mol. The first kappa shape index (κ1) is 18.1. The van der Waals surface area contributed by atoms with Gasteiger partial charge in [-0.05, 0) is 92.0 Å². The van der Waals surface area contributed by atoms with Crippen LogP contribution in [0.15, 0.2) is 21.1 Å². The van der Waals surface area contributed by atoms with Crippen LogP contribution in [-0.2, 0) is 0 Å². The van der Waals surface area contributed by atoms with Gasteiger partial charge in [0.05, 0.1) is 0 Å². The van der Waals surface area contributed by atoms with Gasteiger partial charge in [-0.2, -0.15) is 20.1 Å². The first-order valence-corrected chi connectivity index (χ1v) is 13.2. The van der Waals surface area contributed by atoms with Crippen molar-refractivity contribution >= 4 is 51.9 Å². The maximum atomic E-state index is 3.59. The van der Waals surface area contributed by atoms with E-state index in [0.29, 0.717) is 0 Å². The molecule has 0 N–H and O–H groups in total. The fraction of sp³-hybridized carbons (Fsp3) is 0.375. The van der Waals surface area contributed by atoms with Gasteiger partial charge in [0.25, 0.3) is 0 Å². The molecule has 0 nitrogen and oxygen atoms in total. The molecule has 0 unspecified atom stereocenters. The summed E-state index contributed by atoms with van der Waals surface area (Å²) in [6.07, 6.45) is 13.1. The summed E-state index contributed by atoms with van der Waals surface area (Å²) in [6.45, 7) is 0. The molecule has 0 amide bonds. The summed E-state index contributed by atoms with van der Waals surface area (Å²) in [5.41, 5.74) is 2.01. The predicted octanol–water partition coefficient (Wildman–Crippen LogP) is 5.22. The molecule has 0 aromatic heterocycles. The van der Waals surface area contributed by atoms with Gasteiger partial charge in [0.2, 0.25) is 0 Å². The van der Waals surface area contributed by atoms with E-state index in [0.717, 1.165) is 20.1 Å². The van der Waals surface area contributed by atoms with E-state index in [1.54, 1.807) is 0 Å². The van der Waals surface area contributed by atoms with Crippen molar-refractivity contribution in [1.82, 2.24) is 0 Å². The zero-order valence-electron chi connectivity index (χ0n) is 12.7. The number of hydrogen-bond donors (Lipinski definition) is 0. The summed E-state index contributed by atoms with van der Waals surface area (Å²) in [5, 5.41) is 6.67. The first-order valence-electron chi connectivity index (χ1n) is 5.89. The summed E-state index contributed by atoms with van der Waals surface area (Å²) in [6, 6.07) is 4.09. The lowest BCUT2D eigenvalue weighted by molar-refractivity contribution is 1.51. The van der Waals surface area contributed by atoms with Gasteiger partial charge >= 0.3 is 0 Å². The van der Waals surface area contributed by atoms with E-state index in [1.807, 2.05) is 12.1 Å². The average Bonchev–Trinajstić information content (AvgIpc) is 2.25. The van der Waals surface area contributed by atoms with Gasteiger partial charge in [-0.15, -0.1) is 0 Å². The van der Waals surface area contributed by atoms with Crippen molar-refractivity contribution in [1.29, 1.82) is 0 Å². The fourth-order valence-electron chi connectivity index (χ4n) is 1.15. The maximum Gasteiger partial charge on any atom is 0.0408 e. The highest BCUT2D eigenvalue weighted by molar-refractivity contribution is 9.11. The SMILES string of the molecule is CS(C)(C)C#Cc1cc(Br)c(C#CS(C)(C)C)cc1Br. The van der Waals surface area contributed by atoms with E-state index in [4.69, 9.17) is 0 Å². The largest absolute Gasteiger partial charge is 0.186 e. The minimum absolute atomic E-state index is 0.814. The molecule has 0 saturated carbocycles. The molecule has 1 rings (SSSR count). The van der Waals surface area contributed by atoms with Crippen LogP contribution in [0.1, 0.15) is 11.1 Å². The van der Waals surface area contributed by atoms with Crippen LogP contribution < -0.4 is 0 Å². The third-order valence-electron chi connectivity index (χ3n) is 2.04. The monoisotopic (exact) mass is 434 g/mol. The van der Waals surface area contributed by atoms with Crippen molar-refractivity contribution in [3.05, 3.63) is 32.2 Å². The summed E-state index contributed by atoms with van der Waals surface area (Å²) in [5.74, 6) is 6.52. The summed E-state index contributed by atoms with van der Waals surface area (Å²) < 4.78 is 2.01. The van der Waals surface area contributed by atoms with Crippen molar-refractivity contribution < 1.29 is 0 Å².